The Morgan fingerprint density at radius 1 is 1.35 bits per heavy atom. The van der Waals surface area contributed by atoms with Crippen LogP contribution in [0.1, 0.15) is 49.6 Å². The SMILES string of the molecule is CCC(=O)NC1CCN(C(=O)c2n[nH]c(CC)n2)CC1. The highest BCUT2D eigenvalue weighted by Gasteiger charge is 2.26. The van der Waals surface area contributed by atoms with Crippen molar-refractivity contribution in [3.05, 3.63) is 11.6 Å². The lowest BCUT2D eigenvalue weighted by molar-refractivity contribution is -0.121. The van der Waals surface area contributed by atoms with Crippen LogP contribution in [0.15, 0.2) is 0 Å². The summed E-state index contributed by atoms with van der Waals surface area (Å²) in [5, 5.41) is 9.66. The number of aromatic amines is 1. The average molecular weight is 279 g/mol. The van der Waals surface area contributed by atoms with Gasteiger partial charge in [-0.05, 0) is 12.8 Å². The maximum atomic E-state index is 12.2. The molecule has 2 amide bonds. The van der Waals surface area contributed by atoms with Crippen LogP contribution >= 0.6 is 0 Å². The minimum atomic E-state index is -0.138. The van der Waals surface area contributed by atoms with Crippen molar-refractivity contribution in [2.45, 2.75) is 45.6 Å². The van der Waals surface area contributed by atoms with Gasteiger partial charge in [0.15, 0.2) is 0 Å². The molecule has 1 aromatic heterocycles. The number of aryl methyl sites for hydroxylation is 1. The maximum Gasteiger partial charge on any atom is 0.293 e. The number of H-pyrrole nitrogens is 1. The first-order valence-electron chi connectivity index (χ1n) is 7.14. The van der Waals surface area contributed by atoms with Crippen LogP contribution in [0.4, 0.5) is 0 Å². The van der Waals surface area contributed by atoms with Crippen molar-refractivity contribution >= 4 is 11.8 Å². The van der Waals surface area contributed by atoms with E-state index in [9.17, 15) is 9.59 Å². The fourth-order valence-corrected chi connectivity index (χ4v) is 2.25. The Labute approximate surface area is 118 Å². The molecule has 7 heteroatoms. The highest BCUT2D eigenvalue weighted by atomic mass is 16.2. The molecule has 1 fully saturated rings. The number of aromatic nitrogens is 3. The van der Waals surface area contributed by atoms with E-state index in [-0.39, 0.29) is 23.7 Å². The zero-order chi connectivity index (χ0) is 14.5. The monoisotopic (exact) mass is 279 g/mol. The predicted octanol–water partition coefficient (Wildman–Crippen LogP) is 0.498. The van der Waals surface area contributed by atoms with Crippen LogP contribution in [0.25, 0.3) is 0 Å². The van der Waals surface area contributed by atoms with Crippen LogP contribution in [-0.2, 0) is 11.2 Å². The first-order valence-corrected chi connectivity index (χ1v) is 7.14. The first kappa shape index (κ1) is 14.5. The number of rotatable bonds is 4. The number of hydrogen-bond donors (Lipinski definition) is 2. The van der Waals surface area contributed by atoms with Gasteiger partial charge >= 0.3 is 0 Å². The van der Waals surface area contributed by atoms with Crippen molar-refractivity contribution < 1.29 is 9.59 Å². The predicted molar refractivity (Wildman–Crippen MR) is 73.1 cm³/mol. The standard InChI is InChI=1S/C13H21N5O2/c1-3-10-15-12(17-16-10)13(20)18-7-5-9(6-8-18)14-11(19)4-2/h9H,3-8H2,1-2H3,(H,14,19)(H,15,16,17). The summed E-state index contributed by atoms with van der Waals surface area (Å²) in [5.41, 5.74) is 0. The van der Waals surface area contributed by atoms with E-state index in [1.165, 1.54) is 0 Å². The van der Waals surface area contributed by atoms with Crippen molar-refractivity contribution in [3.63, 3.8) is 0 Å². The molecule has 0 unspecified atom stereocenters. The Balaban J connectivity index is 1.87. The quantitative estimate of drug-likeness (QED) is 0.839. The highest BCUT2D eigenvalue weighted by Crippen LogP contribution is 2.12. The molecule has 0 spiro atoms. The van der Waals surface area contributed by atoms with E-state index in [0.29, 0.717) is 19.5 Å². The molecular weight excluding hydrogens is 258 g/mol. The van der Waals surface area contributed by atoms with E-state index in [4.69, 9.17) is 0 Å². The van der Waals surface area contributed by atoms with Gasteiger partial charge in [0.2, 0.25) is 11.7 Å². The van der Waals surface area contributed by atoms with Gasteiger partial charge in [-0.3, -0.25) is 14.7 Å². The Morgan fingerprint density at radius 3 is 2.60 bits per heavy atom. The summed E-state index contributed by atoms with van der Waals surface area (Å²) in [7, 11) is 0. The lowest BCUT2D eigenvalue weighted by Gasteiger charge is -2.31. The third kappa shape index (κ3) is 3.34. The molecule has 0 aromatic carbocycles. The summed E-state index contributed by atoms with van der Waals surface area (Å²) in [6.45, 7) is 5.05. The van der Waals surface area contributed by atoms with Gasteiger partial charge in [0.25, 0.3) is 5.91 Å². The lowest BCUT2D eigenvalue weighted by Crippen LogP contribution is -2.46. The molecule has 1 saturated heterocycles. The summed E-state index contributed by atoms with van der Waals surface area (Å²) in [4.78, 5) is 29.4. The molecule has 0 radical (unpaired) electrons. The van der Waals surface area contributed by atoms with E-state index in [2.05, 4.69) is 20.5 Å². The number of piperidine rings is 1. The summed E-state index contributed by atoms with van der Waals surface area (Å²) in [5.74, 6) is 0.883. The van der Waals surface area contributed by atoms with Crippen molar-refractivity contribution in [3.8, 4) is 0 Å². The van der Waals surface area contributed by atoms with Crippen LogP contribution in [0.2, 0.25) is 0 Å². The third-order valence-corrected chi connectivity index (χ3v) is 3.53. The van der Waals surface area contributed by atoms with Gasteiger partial charge in [-0.2, -0.15) is 0 Å². The molecule has 7 nitrogen and oxygen atoms in total. The number of likely N-dealkylation sites (tertiary alicyclic amines) is 1. The fraction of sp³-hybridized carbons (Fsp3) is 0.692. The minimum Gasteiger partial charge on any atom is -0.353 e. The number of amides is 2. The molecule has 0 bridgehead atoms. The van der Waals surface area contributed by atoms with Gasteiger partial charge in [-0.25, -0.2) is 4.98 Å². The summed E-state index contributed by atoms with van der Waals surface area (Å²) in [6, 6.07) is 0.171. The van der Waals surface area contributed by atoms with Crippen LogP contribution in [0.5, 0.6) is 0 Å². The second kappa shape index (κ2) is 6.49. The second-order valence-corrected chi connectivity index (χ2v) is 4.95. The molecule has 1 aliphatic rings. The molecule has 1 aliphatic heterocycles. The van der Waals surface area contributed by atoms with Crippen molar-refractivity contribution in [1.82, 2.24) is 25.4 Å². The van der Waals surface area contributed by atoms with Crippen LogP contribution < -0.4 is 5.32 Å². The van der Waals surface area contributed by atoms with E-state index in [0.717, 1.165) is 25.1 Å². The normalized spacial score (nSPS) is 16.2. The molecule has 2 rings (SSSR count). The number of carbonyl (C=O) groups excluding carboxylic acids is 2. The average Bonchev–Trinajstić information content (AvgIpc) is 2.96. The molecule has 110 valence electrons. The topological polar surface area (TPSA) is 91.0 Å². The van der Waals surface area contributed by atoms with Crippen LogP contribution in [-0.4, -0.2) is 51.0 Å². The third-order valence-electron chi connectivity index (χ3n) is 3.53. The van der Waals surface area contributed by atoms with E-state index >= 15 is 0 Å². The molecule has 20 heavy (non-hydrogen) atoms. The molecule has 1 aromatic rings. The highest BCUT2D eigenvalue weighted by molar-refractivity contribution is 5.90. The number of hydrogen-bond acceptors (Lipinski definition) is 4. The Hall–Kier alpha value is -1.92. The van der Waals surface area contributed by atoms with Gasteiger partial charge < -0.3 is 10.2 Å². The maximum absolute atomic E-state index is 12.2. The molecule has 0 atom stereocenters. The van der Waals surface area contributed by atoms with E-state index < -0.39 is 0 Å². The Bertz CT molecular complexity index is 477. The second-order valence-electron chi connectivity index (χ2n) is 4.95. The van der Waals surface area contributed by atoms with Gasteiger partial charge in [0.05, 0.1) is 0 Å². The molecular formula is C13H21N5O2. The smallest absolute Gasteiger partial charge is 0.293 e. The summed E-state index contributed by atoms with van der Waals surface area (Å²) in [6.07, 6.45) is 2.78. The first-order chi connectivity index (χ1) is 9.63. The lowest BCUT2D eigenvalue weighted by atomic mass is 10.0. The van der Waals surface area contributed by atoms with Gasteiger partial charge in [-0.15, -0.1) is 5.10 Å². The number of carbonyl (C=O) groups is 2. The summed E-state index contributed by atoms with van der Waals surface area (Å²) < 4.78 is 0. The number of nitrogens with zero attached hydrogens (tertiary/aromatic N) is 3. The largest absolute Gasteiger partial charge is 0.353 e. The fourth-order valence-electron chi connectivity index (χ4n) is 2.25. The van der Waals surface area contributed by atoms with Crippen LogP contribution in [0, 0.1) is 0 Å². The Kier molecular flexibility index (Phi) is 4.70. The minimum absolute atomic E-state index is 0.0660. The zero-order valence-electron chi connectivity index (χ0n) is 12.0. The molecule has 0 aliphatic carbocycles. The Morgan fingerprint density at radius 2 is 2.05 bits per heavy atom. The van der Waals surface area contributed by atoms with Crippen LogP contribution in [0.3, 0.4) is 0 Å². The molecule has 0 saturated carbocycles. The van der Waals surface area contributed by atoms with Crippen molar-refractivity contribution in [2.24, 2.45) is 0 Å². The van der Waals surface area contributed by atoms with Crippen molar-refractivity contribution in [1.29, 1.82) is 0 Å². The van der Waals surface area contributed by atoms with Gasteiger partial charge in [0, 0.05) is 32.0 Å². The zero-order valence-corrected chi connectivity index (χ0v) is 12.0. The molecule has 2 heterocycles. The number of nitrogens with one attached hydrogen (secondary N) is 2. The van der Waals surface area contributed by atoms with Gasteiger partial charge in [-0.1, -0.05) is 13.8 Å². The van der Waals surface area contributed by atoms with Crippen molar-refractivity contribution in [2.75, 3.05) is 13.1 Å². The molecule has 2 N–H and O–H groups in total. The summed E-state index contributed by atoms with van der Waals surface area (Å²) >= 11 is 0. The van der Waals surface area contributed by atoms with E-state index in [1.54, 1.807) is 4.90 Å². The van der Waals surface area contributed by atoms with Gasteiger partial charge in [0.1, 0.15) is 5.82 Å². The van der Waals surface area contributed by atoms with E-state index in [1.807, 2.05) is 13.8 Å².